The van der Waals surface area contributed by atoms with Crippen LogP contribution in [-0.4, -0.2) is 53.3 Å². The predicted octanol–water partition coefficient (Wildman–Crippen LogP) is 1.80. The molecular formula is C14H19NO5. The molecule has 0 amide bonds. The summed E-state index contributed by atoms with van der Waals surface area (Å²) in [6.07, 6.45) is 0. The van der Waals surface area contributed by atoms with Crippen LogP contribution >= 0.6 is 0 Å². The molecule has 110 valence electrons. The fourth-order valence-electron chi connectivity index (χ4n) is 1.76. The molecule has 1 rings (SSSR count). The Morgan fingerprint density at radius 1 is 1.05 bits per heavy atom. The van der Waals surface area contributed by atoms with E-state index in [2.05, 4.69) is 4.90 Å². The molecule has 6 heteroatoms. The van der Waals surface area contributed by atoms with Gasteiger partial charge >= 0.3 is 11.9 Å². The number of hydrogen-bond acceptors (Lipinski definition) is 4. The first-order valence-corrected chi connectivity index (χ1v) is 6.44. The molecule has 0 saturated carbocycles. The number of rotatable bonds is 8. The summed E-state index contributed by atoms with van der Waals surface area (Å²) in [4.78, 5) is 24.0. The van der Waals surface area contributed by atoms with Crippen molar-refractivity contribution in [3.63, 3.8) is 0 Å². The number of carboxylic acid groups (broad SMARTS) is 2. The maximum Gasteiger partial charge on any atom is 0.335 e. The number of aromatic carboxylic acids is 2. The topological polar surface area (TPSA) is 87.1 Å². The molecule has 1 aromatic carbocycles. The Balaban J connectivity index is 2.78. The molecule has 0 unspecified atom stereocenters. The van der Waals surface area contributed by atoms with Crippen LogP contribution in [0.4, 0.5) is 0 Å². The van der Waals surface area contributed by atoms with Crippen LogP contribution in [0.2, 0.25) is 0 Å². The molecule has 6 nitrogen and oxygen atoms in total. The van der Waals surface area contributed by atoms with Gasteiger partial charge in [0.1, 0.15) is 12.4 Å². The standard InChI is InChI=1S/C14H19NO5/c1-3-15(4-2)5-6-20-12-8-10(13(16)17)7-11(9-12)14(18)19/h7-9H,3-6H2,1-2H3,(H,16,17)(H,18,19). The van der Waals surface area contributed by atoms with E-state index in [1.165, 1.54) is 12.1 Å². The van der Waals surface area contributed by atoms with Crippen LogP contribution in [0.1, 0.15) is 34.6 Å². The highest BCUT2D eigenvalue weighted by molar-refractivity contribution is 5.94. The molecule has 0 aliphatic heterocycles. The van der Waals surface area contributed by atoms with E-state index in [0.29, 0.717) is 13.2 Å². The Hall–Kier alpha value is -2.08. The molecule has 0 aromatic heterocycles. The lowest BCUT2D eigenvalue weighted by atomic mass is 10.1. The fraction of sp³-hybridized carbons (Fsp3) is 0.429. The minimum absolute atomic E-state index is 0.0947. The lowest BCUT2D eigenvalue weighted by Gasteiger charge is -2.18. The lowest BCUT2D eigenvalue weighted by Crippen LogP contribution is -2.27. The van der Waals surface area contributed by atoms with Gasteiger partial charge in [0, 0.05) is 6.54 Å². The zero-order valence-corrected chi connectivity index (χ0v) is 11.6. The van der Waals surface area contributed by atoms with E-state index in [4.69, 9.17) is 14.9 Å². The van der Waals surface area contributed by atoms with Crippen molar-refractivity contribution < 1.29 is 24.5 Å². The summed E-state index contributed by atoms with van der Waals surface area (Å²) in [5.41, 5.74) is -0.189. The maximum atomic E-state index is 10.9. The molecule has 0 saturated heterocycles. The third kappa shape index (κ3) is 4.55. The summed E-state index contributed by atoms with van der Waals surface area (Å²) in [6.45, 7) is 6.95. The van der Waals surface area contributed by atoms with Gasteiger partial charge in [-0.1, -0.05) is 13.8 Å². The average Bonchev–Trinajstić information content (AvgIpc) is 2.43. The van der Waals surface area contributed by atoms with Crippen molar-refractivity contribution in [1.29, 1.82) is 0 Å². The van der Waals surface area contributed by atoms with Crippen molar-refractivity contribution in [3.8, 4) is 5.75 Å². The molecule has 0 aliphatic rings. The first kappa shape index (κ1) is 16.0. The van der Waals surface area contributed by atoms with Crippen LogP contribution in [-0.2, 0) is 0 Å². The minimum Gasteiger partial charge on any atom is -0.492 e. The highest BCUT2D eigenvalue weighted by Crippen LogP contribution is 2.17. The number of carbonyl (C=O) groups is 2. The van der Waals surface area contributed by atoms with Crippen LogP contribution in [0.5, 0.6) is 5.75 Å². The van der Waals surface area contributed by atoms with Crippen LogP contribution in [0, 0.1) is 0 Å². The van der Waals surface area contributed by atoms with Crippen molar-refractivity contribution in [1.82, 2.24) is 4.90 Å². The normalized spacial score (nSPS) is 10.6. The van der Waals surface area contributed by atoms with Gasteiger partial charge in [0.2, 0.25) is 0 Å². The summed E-state index contributed by atoms with van der Waals surface area (Å²) in [6, 6.07) is 3.77. The second kappa shape index (κ2) is 7.49. The van der Waals surface area contributed by atoms with Crippen LogP contribution in [0.3, 0.4) is 0 Å². The molecule has 0 spiro atoms. The van der Waals surface area contributed by atoms with Gasteiger partial charge in [0.25, 0.3) is 0 Å². The van der Waals surface area contributed by atoms with Crippen LogP contribution in [0.25, 0.3) is 0 Å². The molecule has 0 radical (unpaired) electrons. The highest BCUT2D eigenvalue weighted by atomic mass is 16.5. The van der Waals surface area contributed by atoms with Crippen molar-refractivity contribution in [3.05, 3.63) is 29.3 Å². The van der Waals surface area contributed by atoms with E-state index in [9.17, 15) is 9.59 Å². The van der Waals surface area contributed by atoms with Gasteiger partial charge in [-0.3, -0.25) is 0 Å². The Bertz CT molecular complexity index is 450. The zero-order chi connectivity index (χ0) is 15.1. The fourth-order valence-corrected chi connectivity index (χ4v) is 1.76. The van der Waals surface area contributed by atoms with Gasteiger partial charge in [0.15, 0.2) is 0 Å². The summed E-state index contributed by atoms with van der Waals surface area (Å²) < 4.78 is 5.45. The lowest BCUT2D eigenvalue weighted by molar-refractivity contribution is 0.0696. The third-order valence-corrected chi connectivity index (χ3v) is 2.97. The van der Waals surface area contributed by atoms with E-state index in [1.807, 2.05) is 13.8 Å². The van der Waals surface area contributed by atoms with E-state index < -0.39 is 11.9 Å². The smallest absolute Gasteiger partial charge is 0.335 e. The second-order valence-corrected chi connectivity index (χ2v) is 4.23. The van der Waals surface area contributed by atoms with E-state index in [1.54, 1.807) is 0 Å². The quantitative estimate of drug-likeness (QED) is 0.755. The number of benzene rings is 1. The van der Waals surface area contributed by atoms with Crippen molar-refractivity contribution >= 4 is 11.9 Å². The number of ether oxygens (including phenoxy) is 1. The largest absolute Gasteiger partial charge is 0.492 e. The monoisotopic (exact) mass is 281 g/mol. The van der Waals surface area contributed by atoms with Crippen molar-refractivity contribution in [2.45, 2.75) is 13.8 Å². The highest BCUT2D eigenvalue weighted by Gasteiger charge is 2.12. The molecule has 1 aromatic rings. The van der Waals surface area contributed by atoms with Gasteiger partial charge in [-0.15, -0.1) is 0 Å². The molecule has 0 heterocycles. The van der Waals surface area contributed by atoms with Crippen molar-refractivity contribution in [2.75, 3.05) is 26.2 Å². The van der Waals surface area contributed by atoms with Gasteiger partial charge in [-0.05, 0) is 31.3 Å². The number of carboxylic acids is 2. The Morgan fingerprint density at radius 3 is 1.95 bits per heavy atom. The summed E-state index contributed by atoms with van der Waals surface area (Å²) in [5.74, 6) is -2.10. The van der Waals surface area contributed by atoms with Crippen LogP contribution in [0.15, 0.2) is 18.2 Å². The first-order valence-electron chi connectivity index (χ1n) is 6.44. The zero-order valence-electron chi connectivity index (χ0n) is 11.6. The van der Waals surface area contributed by atoms with Gasteiger partial charge in [-0.2, -0.15) is 0 Å². The summed E-state index contributed by atoms with van der Waals surface area (Å²) in [7, 11) is 0. The van der Waals surface area contributed by atoms with Gasteiger partial charge in [-0.25, -0.2) is 9.59 Å². The van der Waals surface area contributed by atoms with Gasteiger partial charge < -0.3 is 19.8 Å². The Morgan fingerprint density at radius 2 is 1.55 bits per heavy atom. The third-order valence-electron chi connectivity index (χ3n) is 2.97. The Labute approximate surface area is 117 Å². The molecule has 0 atom stereocenters. The predicted molar refractivity (Wildman–Crippen MR) is 73.6 cm³/mol. The van der Waals surface area contributed by atoms with E-state index in [0.717, 1.165) is 19.2 Å². The van der Waals surface area contributed by atoms with Gasteiger partial charge in [0.05, 0.1) is 11.1 Å². The molecule has 20 heavy (non-hydrogen) atoms. The van der Waals surface area contributed by atoms with E-state index in [-0.39, 0.29) is 16.9 Å². The minimum atomic E-state index is -1.18. The molecule has 0 bridgehead atoms. The number of hydrogen-bond donors (Lipinski definition) is 2. The second-order valence-electron chi connectivity index (χ2n) is 4.23. The van der Waals surface area contributed by atoms with Crippen molar-refractivity contribution in [2.24, 2.45) is 0 Å². The molecular weight excluding hydrogens is 262 g/mol. The molecule has 2 N–H and O–H groups in total. The maximum absolute atomic E-state index is 10.9. The molecule has 0 aliphatic carbocycles. The number of likely N-dealkylation sites (N-methyl/N-ethyl adjacent to an activating group) is 1. The summed E-state index contributed by atoms with van der Waals surface area (Å²) in [5, 5.41) is 17.9. The molecule has 0 fully saturated rings. The SMILES string of the molecule is CCN(CC)CCOc1cc(C(=O)O)cc(C(=O)O)c1. The van der Waals surface area contributed by atoms with E-state index >= 15 is 0 Å². The number of nitrogens with zero attached hydrogens (tertiary/aromatic N) is 1. The average molecular weight is 281 g/mol. The van der Waals surface area contributed by atoms with Crippen LogP contribution < -0.4 is 4.74 Å². The summed E-state index contributed by atoms with van der Waals surface area (Å²) >= 11 is 0. The Kier molecular flexibility index (Phi) is 5.99. The first-order chi connectivity index (χ1) is 9.47.